The number of benzene rings is 1. The molecule has 0 aliphatic carbocycles. The number of nitrogens with zero attached hydrogens (tertiary/aromatic N) is 5. The first-order valence-corrected chi connectivity index (χ1v) is 13.4. The van der Waals surface area contributed by atoms with Crippen molar-refractivity contribution >= 4 is 17.5 Å². The molecule has 1 fully saturated rings. The van der Waals surface area contributed by atoms with E-state index in [-0.39, 0.29) is 18.0 Å². The molecule has 0 spiro atoms. The maximum Gasteiger partial charge on any atom is 0.166 e. The number of hydrogen-bond donors (Lipinski definition) is 2. The van der Waals surface area contributed by atoms with Crippen LogP contribution in [0.5, 0.6) is 17.2 Å². The van der Waals surface area contributed by atoms with Crippen molar-refractivity contribution in [2.45, 2.75) is 45.6 Å². The van der Waals surface area contributed by atoms with E-state index in [1.807, 2.05) is 36.9 Å². The van der Waals surface area contributed by atoms with Crippen LogP contribution in [-0.2, 0) is 11.3 Å². The van der Waals surface area contributed by atoms with Crippen molar-refractivity contribution in [1.29, 1.82) is 0 Å². The van der Waals surface area contributed by atoms with Gasteiger partial charge in [-0.05, 0) is 32.9 Å². The number of aromatic nitrogens is 5. The summed E-state index contributed by atoms with van der Waals surface area (Å²) in [6, 6.07) is 9.29. The van der Waals surface area contributed by atoms with Gasteiger partial charge >= 0.3 is 0 Å². The van der Waals surface area contributed by atoms with E-state index in [0.29, 0.717) is 54.5 Å². The second-order valence-electron chi connectivity index (χ2n) is 9.90. The van der Waals surface area contributed by atoms with E-state index in [1.54, 1.807) is 44.8 Å². The summed E-state index contributed by atoms with van der Waals surface area (Å²) in [5.41, 5.74) is 2.59. The van der Waals surface area contributed by atoms with Crippen molar-refractivity contribution in [2.24, 2.45) is 0 Å². The largest absolute Gasteiger partial charge is 0.497 e. The molecule has 216 valence electrons. The van der Waals surface area contributed by atoms with Gasteiger partial charge in [-0.1, -0.05) is 0 Å². The van der Waals surface area contributed by atoms with E-state index >= 15 is 0 Å². The Bertz CT molecular complexity index is 1490. The molecule has 0 unspecified atom stereocenters. The second kappa shape index (κ2) is 12.4. The number of nitrogens with one attached hydrogen (secondary N) is 2. The third-order valence-corrected chi connectivity index (χ3v) is 6.45. The Morgan fingerprint density at radius 3 is 2.49 bits per heavy atom. The van der Waals surface area contributed by atoms with E-state index < -0.39 is 6.17 Å². The Hall–Kier alpha value is -4.45. The van der Waals surface area contributed by atoms with Gasteiger partial charge in [-0.2, -0.15) is 5.10 Å². The first-order valence-electron chi connectivity index (χ1n) is 13.4. The molecular weight excluding hydrogens is 529 g/mol. The maximum absolute atomic E-state index is 14.4. The predicted octanol–water partition coefficient (Wildman–Crippen LogP) is 5.50. The molecule has 4 aromatic rings. The van der Waals surface area contributed by atoms with Gasteiger partial charge in [0.2, 0.25) is 0 Å². The molecule has 41 heavy (non-hydrogen) atoms. The molecule has 1 atom stereocenters. The van der Waals surface area contributed by atoms with Crippen LogP contribution in [0.2, 0.25) is 0 Å². The zero-order valence-corrected chi connectivity index (χ0v) is 23.7. The molecule has 1 saturated heterocycles. The fraction of sp³-hybridized carbons (Fsp3) is 0.379. The lowest BCUT2D eigenvalue weighted by atomic mass is 10.1. The molecule has 1 aliphatic rings. The molecule has 0 bridgehead atoms. The molecule has 11 nitrogen and oxygen atoms in total. The first-order chi connectivity index (χ1) is 19.8. The Kier molecular flexibility index (Phi) is 8.48. The summed E-state index contributed by atoms with van der Waals surface area (Å²) in [6.07, 6.45) is 4.06. The molecule has 1 aliphatic heterocycles. The molecular formula is C29H34FN7O4. The van der Waals surface area contributed by atoms with Crippen LogP contribution in [0.25, 0.3) is 11.1 Å². The minimum absolute atomic E-state index is 0.0434. The third-order valence-electron chi connectivity index (χ3n) is 6.45. The fourth-order valence-electron chi connectivity index (χ4n) is 4.24. The van der Waals surface area contributed by atoms with Crippen LogP contribution in [-0.4, -0.2) is 58.3 Å². The van der Waals surface area contributed by atoms with Crippen molar-refractivity contribution in [2.75, 3.05) is 38.1 Å². The van der Waals surface area contributed by atoms with Crippen LogP contribution in [0.4, 0.5) is 21.8 Å². The molecule has 0 amide bonds. The summed E-state index contributed by atoms with van der Waals surface area (Å²) in [6.45, 7) is 7.01. The van der Waals surface area contributed by atoms with E-state index in [2.05, 4.69) is 30.7 Å². The lowest BCUT2D eigenvalue weighted by molar-refractivity contribution is -0.0286. The van der Waals surface area contributed by atoms with Gasteiger partial charge in [0.25, 0.3) is 0 Å². The van der Waals surface area contributed by atoms with Gasteiger partial charge in [-0.25, -0.2) is 19.3 Å². The fourth-order valence-corrected chi connectivity index (χ4v) is 4.24. The molecule has 1 aromatic carbocycles. The lowest BCUT2D eigenvalue weighted by Crippen LogP contribution is -2.30. The summed E-state index contributed by atoms with van der Waals surface area (Å²) < 4.78 is 38.5. The number of pyridine rings is 1. The molecule has 4 heterocycles. The van der Waals surface area contributed by atoms with Crippen LogP contribution < -0.4 is 24.8 Å². The smallest absolute Gasteiger partial charge is 0.166 e. The van der Waals surface area contributed by atoms with Crippen molar-refractivity contribution in [3.63, 3.8) is 0 Å². The Morgan fingerprint density at radius 1 is 1.00 bits per heavy atom. The van der Waals surface area contributed by atoms with E-state index in [9.17, 15) is 4.39 Å². The minimum Gasteiger partial charge on any atom is -0.497 e. The number of hydrogen-bond acceptors (Lipinski definition) is 10. The topological polar surface area (TPSA) is 117 Å². The number of halogens is 1. The van der Waals surface area contributed by atoms with Crippen molar-refractivity contribution in [3.8, 4) is 28.4 Å². The standard InChI is InChI=1S/C29H34FN7O4/c1-17(2)41-25-9-26(32-13-23(25)20-12-33-37(14-20)21-15-40-16-21)34-28-10-27(35-29(36-28)18(3)30)31-11-19-6-7-22(38-4)8-24(19)39-5/h6-10,12-14,17-18,21H,11,15-16H2,1-5H3,(H2,31,32,34,35,36)/t18-/m0/s1. The SMILES string of the molecule is COc1ccc(CNc2cc(Nc3cc(OC(C)C)c(-c4cnn(C5COC5)c4)cn3)nc([C@H](C)F)n2)c(OC)c1. The molecule has 2 N–H and O–H groups in total. The first kappa shape index (κ1) is 28.1. The third kappa shape index (κ3) is 6.65. The van der Waals surface area contributed by atoms with Gasteiger partial charge < -0.3 is 29.6 Å². The monoisotopic (exact) mass is 563 g/mol. The highest BCUT2D eigenvalue weighted by atomic mass is 19.1. The van der Waals surface area contributed by atoms with Gasteiger partial charge in [0.05, 0.1) is 45.8 Å². The van der Waals surface area contributed by atoms with Gasteiger partial charge in [0.15, 0.2) is 12.0 Å². The number of methoxy groups -OCH3 is 2. The van der Waals surface area contributed by atoms with Crippen LogP contribution in [0.1, 0.15) is 44.4 Å². The van der Waals surface area contributed by atoms with Crippen molar-refractivity contribution < 1.29 is 23.3 Å². The van der Waals surface area contributed by atoms with Gasteiger partial charge in [-0.3, -0.25) is 4.68 Å². The van der Waals surface area contributed by atoms with Gasteiger partial charge in [0, 0.05) is 53.8 Å². The summed E-state index contributed by atoms with van der Waals surface area (Å²) >= 11 is 0. The van der Waals surface area contributed by atoms with E-state index in [1.165, 1.54) is 6.92 Å². The summed E-state index contributed by atoms with van der Waals surface area (Å²) in [4.78, 5) is 13.3. The molecule has 5 rings (SSSR count). The van der Waals surface area contributed by atoms with E-state index in [4.69, 9.17) is 18.9 Å². The zero-order valence-electron chi connectivity index (χ0n) is 23.7. The molecule has 3 aromatic heterocycles. The van der Waals surface area contributed by atoms with Gasteiger partial charge in [-0.15, -0.1) is 0 Å². The summed E-state index contributed by atoms with van der Waals surface area (Å²) in [5.74, 6) is 3.36. The normalized spacial score (nSPS) is 13.9. The van der Waals surface area contributed by atoms with Crippen LogP contribution >= 0.6 is 0 Å². The Morgan fingerprint density at radius 2 is 1.80 bits per heavy atom. The highest BCUT2D eigenvalue weighted by Gasteiger charge is 2.22. The summed E-state index contributed by atoms with van der Waals surface area (Å²) in [7, 11) is 3.20. The highest BCUT2D eigenvalue weighted by molar-refractivity contribution is 5.71. The molecule has 12 heteroatoms. The molecule has 0 saturated carbocycles. The average Bonchev–Trinajstić information content (AvgIpc) is 3.39. The van der Waals surface area contributed by atoms with Crippen LogP contribution in [0.3, 0.4) is 0 Å². The van der Waals surface area contributed by atoms with E-state index in [0.717, 1.165) is 16.7 Å². The molecule has 0 radical (unpaired) electrons. The maximum atomic E-state index is 14.4. The predicted molar refractivity (Wildman–Crippen MR) is 153 cm³/mol. The average molecular weight is 564 g/mol. The zero-order chi connectivity index (χ0) is 28.9. The quantitative estimate of drug-likeness (QED) is 0.229. The number of ether oxygens (including phenoxy) is 4. The number of anilines is 3. The van der Waals surface area contributed by atoms with Crippen molar-refractivity contribution in [1.82, 2.24) is 24.7 Å². The number of rotatable bonds is 12. The number of alkyl halides is 1. The van der Waals surface area contributed by atoms with Crippen LogP contribution in [0.15, 0.2) is 48.9 Å². The van der Waals surface area contributed by atoms with Crippen LogP contribution in [0, 0.1) is 0 Å². The minimum atomic E-state index is -1.37. The van der Waals surface area contributed by atoms with Gasteiger partial charge in [0.1, 0.15) is 34.7 Å². The van der Waals surface area contributed by atoms with Crippen molar-refractivity contribution in [3.05, 3.63) is 60.3 Å². The highest BCUT2D eigenvalue weighted by Crippen LogP contribution is 2.34. The summed E-state index contributed by atoms with van der Waals surface area (Å²) in [5, 5.41) is 10.9. The lowest BCUT2D eigenvalue weighted by Gasteiger charge is -2.25. The Labute approximate surface area is 238 Å². The Balaban J connectivity index is 1.38. The second-order valence-corrected chi connectivity index (χ2v) is 9.90.